The van der Waals surface area contributed by atoms with Crippen LogP contribution in [0.25, 0.3) is 0 Å². The summed E-state index contributed by atoms with van der Waals surface area (Å²) in [4.78, 5) is 25.9. The maximum absolute atomic E-state index is 12.4. The van der Waals surface area contributed by atoms with E-state index < -0.39 is 0 Å². The number of para-hydroxylation sites is 1. The van der Waals surface area contributed by atoms with E-state index in [1.54, 1.807) is 29.2 Å². The molecule has 0 bridgehead atoms. The number of nitrogens with one attached hydrogen (secondary N) is 2. The van der Waals surface area contributed by atoms with Crippen LogP contribution in [0.5, 0.6) is 0 Å². The van der Waals surface area contributed by atoms with Gasteiger partial charge in [0.05, 0.1) is 6.54 Å². The molecule has 0 saturated heterocycles. The summed E-state index contributed by atoms with van der Waals surface area (Å²) in [5.41, 5.74) is 2.30. The molecule has 2 aromatic rings. The SMILES string of the molecule is CCNC(=O)c1ccc(NCC(=O)N(CC)c2ccccc2)cc1. The van der Waals surface area contributed by atoms with Crippen LogP contribution in [0.4, 0.5) is 11.4 Å². The molecule has 126 valence electrons. The Kier molecular flexibility index (Phi) is 6.37. The van der Waals surface area contributed by atoms with Crippen LogP contribution in [-0.2, 0) is 4.79 Å². The molecule has 0 saturated carbocycles. The fourth-order valence-electron chi connectivity index (χ4n) is 2.39. The monoisotopic (exact) mass is 325 g/mol. The first-order chi connectivity index (χ1) is 11.7. The van der Waals surface area contributed by atoms with Crippen LogP contribution < -0.4 is 15.5 Å². The fraction of sp³-hybridized carbons (Fsp3) is 0.263. The molecule has 24 heavy (non-hydrogen) atoms. The first-order valence-corrected chi connectivity index (χ1v) is 8.13. The van der Waals surface area contributed by atoms with Crippen molar-refractivity contribution >= 4 is 23.2 Å². The molecule has 0 spiro atoms. The van der Waals surface area contributed by atoms with Crippen molar-refractivity contribution < 1.29 is 9.59 Å². The Hall–Kier alpha value is -2.82. The highest BCUT2D eigenvalue weighted by Crippen LogP contribution is 2.14. The molecule has 2 amide bonds. The Morgan fingerprint density at radius 1 is 0.958 bits per heavy atom. The average molecular weight is 325 g/mol. The van der Waals surface area contributed by atoms with Gasteiger partial charge in [0.25, 0.3) is 5.91 Å². The normalized spacial score (nSPS) is 10.1. The van der Waals surface area contributed by atoms with Crippen molar-refractivity contribution in [1.29, 1.82) is 0 Å². The minimum Gasteiger partial charge on any atom is -0.376 e. The van der Waals surface area contributed by atoms with E-state index in [0.717, 1.165) is 11.4 Å². The topological polar surface area (TPSA) is 61.4 Å². The van der Waals surface area contributed by atoms with Gasteiger partial charge in [-0.25, -0.2) is 0 Å². The van der Waals surface area contributed by atoms with E-state index in [4.69, 9.17) is 0 Å². The molecular formula is C19H23N3O2. The molecule has 5 nitrogen and oxygen atoms in total. The largest absolute Gasteiger partial charge is 0.376 e. The highest BCUT2D eigenvalue weighted by atomic mass is 16.2. The highest BCUT2D eigenvalue weighted by Gasteiger charge is 2.13. The zero-order valence-electron chi connectivity index (χ0n) is 14.1. The van der Waals surface area contributed by atoms with Gasteiger partial charge in [0.1, 0.15) is 0 Å². The van der Waals surface area contributed by atoms with Gasteiger partial charge in [-0.05, 0) is 50.2 Å². The molecular weight excluding hydrogens is 302 g/mol. The number of hydrogen-bond donors (Lipinski definition) is 2. The zero-order chi connectivity index (χ0) is 17.4. The van der Waals surface area contributed by atoms with Crippen LogP contribution in [0.2, 0.25) is 0 Å². The standard InChI is InChI=1S/C19H23N3O2/c1-3-20-19(24)15-10-12-16(13-11-15)21-14-18(23)22(4-2)17-8-6-5-7-9-17/h5-13,21H,3-4,14H2,1-2H3,(H,20,24). The summed E-state index contributed by atoms with van der Waals surface area (Å²) in [6.45, 7) is 5.24. The molecule has 0 atom stereocenters. The fourth-order valence-corrected chi connectivity index (χ4v) is 2.39. The summed E-state index contributed by atoms with van der Waals surface area (Å²) < 4.78 is 0. The second kappa shape index (κ2) is 8.72. The molecule has 5 heteroatoms. The number of hydrogen-bond acceptors (Lipinski definition) is 3. The maximum atomic E-state index is 12.4. The third-order valence-electron chi connectivity index (χ3n) is 3.61. The minimum absolute atomic E-state index is 0.00324. The Labute approximate surface area is 142 Å². The van der Waals surface area contributed by atoms with Crippen LogP contribution >= 0.6 is 0 Å². The quantitative estimate of drug-likeness (QED) is 0.823. The van der Waals surface area contributed by atoms with Crippen molar-refractivity contribution in [2.75, 3.05) is 29.9 Å². The zero-order valence-corrected chi connectivity index (χ0v) is 14.1. The number of anilines is 2. The van der Waals surface area contributed by atoms with Crippen molar-refractivity contribution in [3.05, 3.63) is 60.2 Å². The number of carbonyl (C=O) groups excluding carboxylic acids is 2. The molecule has 0 fully saturated rings. The maximum Gasteiger partial charge on any atom is 0.251 e. The second-order valence-corrected chi connectivity index (χ2v) is 5.26. The number of carbonyl (C=O) groups is 2. The molecule has 0 aliphatic heterocycles. The molecule has 0 aliphatic carbocycles. The van der Waals surface area contributed by atoms with E-state index in [1.807, 2.05) is 44.2 Å². The smallest absolute Gasteiger partial charge is 0.251 e. The van der Waals surface area contributed by atoms with E-state index in [0.29, 0.717) is 18.7 Å². The lowest BCUT2D eigenvalue weighted by molar-refractivity contribution is -0.116. The molecule has 2 N–H and O–H groups in total. The number of amides is 2. The minimum atomic E-state index is -0.0960. The summed E-state index contributed by atoms with van der Waals surface area (Å²) >= 11 is 0. The number of benzene rings is 2. The Morgan fingerprint density at radius 3 is 2.21 bits per heavy atom. The third-order valence-corrected chi connectivity index (χ3v) is 3.61. The van der Waals surface area contributed by atoms with Gasteiger partial charge in [0.2, 0.25) is 5.91 Å². The van der Waals surface area contributed by atoms with Crippen LogP contribution in [0.3, 0.4) is 0 Å². The van der Waals surface area contributed by atoms with Gasteiger partial charge in [0.15, 0.2) is 0 Å². The lowest BCUT2D eigenvalue weighted by Crippen LogP contribution is -2.35. The average Bonchev–Trinajstić information content (AvgIpc) is 2.62. The number of likely N-dealkylation sites (N-methyl/N-ethyl adjacent to an activating group) is 1. The van der Waals surface area contributed by atoms with E-state index in [2.05, 4.69) is 10.6 Å². The van der Waals surface area contributed by atoms with Crippen molar-refractivity contribution in [2.24, 2.45) is 0 Å². The highest BCUT2D eigenvalue weighted by molar-refractivity contribution is 5.96. The van der Waals surface area contributed by atoms with Gasteiger partial charge in [-0.1, -0.05) is 18.2 Å². The van der Waals surface area contributed by atoms with Gasteiger partial charge in [0, 0.05) is 30.0 Å². The molecule has 0 unspecified atom stereocenters. The van der Waals surface area contributed by atoms with E-state index in [9.17, 15) is 9.59 Å². The lowest BCUT2D eigenvalue weighted by Gasteiger charge is -2.21. The van der Waals surface area contributed by atoms with Crippen molar-refractivity contribution in [3.63, 3.8) is 0 Å². The molecule has 0 heterocycles. The Bertz CT molecular complexity index is 669. The van der Waals surface area contributed by atoms with Crippen LogP contribution in [0.15, 0.2) is 54.6 Å². The molecule has 2 aromatic carbocycles. The van der Waals surface area contributed by atoms with E-state index in [-0.39, 0.29) is 18.4 Å². The Balaban J connectivity index is 1.94. The van der Waals surface area contributed by atoms with Crippen LogP contribution in [0, 0.1) is 0 Å². The summed E-state index contributed by atoms with van der Waals surface area (Å²) in [5.74, 6) is -0.0992. The van der Waals surface area contributed by atoms with Gasteiger partial charge >= 0.3 is 0 Å². The summed E-state index contributed by atoms with van der Waals surface area (Å²) in [6, 6.07) is 16.7. The molecule has 0 aromatic heterocycles. The number of rotatable bonds is 7. The van der Waals surface area contributed by atoms with Gasteiger partial charge in [-0.3, -0.25) is 9.59 Å². The summed E-state index contributed by atoms with van der Waals surface area (Å²) in [7, 11) is 0. The summed E-state index contributed by atoms with van der Waals surface area (Å²) in [5, 5.41) is 5.86. The van der Waals surface area contributed by atoms with Crippen LogP contribution in [-0.4, -0.2) is 31.4 Å². The van der Waals surface area contributed by atoms with Gasteiger partial charge in [-0.15, -0.1) is 0 Å². The predicted octanol–water partition coefficient (Wildman–Crippen LogP) is 2.90. The molecule has 0 aliphatic rings. The lowest BCUT2D eigenvalue weighted by atomic mass is 10.2. The van der Waals surface area contributed by atoms with Crippen molar-refractivity contribution in [2.45, 2.75) is 13.8 Å². The van der Waals surface area contributed by atoms with Gasteiger partial charge < -0.3 is 15.5 Å². The van der Waals surface area contributed by atoms with Gasteiger partial charge in [-0.2, -0.15) is 0 Å². The second-order valence-electron chi connectivity index (χ2n) is 5.26. The molecule has 2 rings (SSSR count). The van der Waals surface area contributed by atoms with Crippen molar-refractivity contribution in [1.82, 2.24) is 5.32 Å². The summed E-state index contributed by atoms with van der Waals surface area (Å²) in [6.07, 6.45) is 0. The van der Waals surface area contributed by atoms with Crippen LogP contribution in [0.1, 0.15) is 24.2 Å². The van der Waals surface area contributed by atoms with E-state index in [1.165, 1.54) is 0 Å². The first kappa shape index (κ1) is 17.5. The number of nitrogens with zero attached hydrogens (tertiary/aromatic N) is 1. The molecule has 0 radical (unpaired) electrons. The third kappa shape index (κ3) is 4.59. The van der Waals surface area contributed by atoms with E-state index >= 15 is 0 Å². The predicted molar refractivity (Wildman–Crippen MR) is 97.4 cm³/mol. The van der Waals surface area contributed by atoms with Crippen molar-refractivity contribution in [3.8, 4) is 0 Å². The first-order valence-electron chi connectivity index (χ1n) is 8.13. The Morgan fingerprint density at radius 2 is 1.62 bits per heavy atom.